The summed E-state index contributed by atoms with van der Waals surface area (Å²) in [5.74, 6) is -1.24. The Kier molecular flexibility index (Phi) is 3.88. The molecule has 1 amide bonds. The number of hydrogen-bond acceptors (Lipinski definition) is 3. The lowest BCUT2D eigenvalue weighted by Crippen LogP contribution is -2.26. The molecule has 0 unspecified atom stereocenters. The van der Waals surface area contributed by atoms with Gasteiger partial charge in [0.25, 0.3) is 5.91 Å². The molecule has 1 aromatic rings. The van der Waals surface area contributed by atoms with E-state index in [0.29, 0.717) is 5.56 Å². The SMILES string of the molecule is CC(C)(C)n1cc(C(=O)NCCC(=O)O)cn1. The maximum absolute atomic E-state index is 11.6. The molecule has 6 nitrogen and oxygen atoms in total. The molecule has 0 atom stereocenters. The highest BCUT2D eigenvalue weighted by Crippen LogP contribution is 2.12. The van der Waals surface area contributed by atoms with E-state index in [4.69, 9.17) is 5.11 Å². The van der Waals surface area contributed by atoms with E-state index in [-0.39, 0.29) is 24.4 Å². The first-order valence-electron chi connectivity index (χ1n) is 5.36. The van der Waals surface area contributed by atoms with Crippen molar-refractivity contribution in [3.05, 3.63) is 18.0 Å². The highest BCUT2D eigenvalue weighted by atomic mass is 16.4. The molecule has 0 saturated carbocycles. The van der Waals surface area contributed by atoms with Crippen LogP contribution in [0.1, 0.15) is 37.6 Å². The first-order chi connectivity index (χ1) is 7.80. The molecule has 0 spiro atoms. The van der Waals surface area contributed by atoms with Gasteiger partial charge in [-0.15, -0.1) is 0 Å². The molecular formula is C11H17N3O3. The molecule has 0 fully saturated rings. The number of carboxylic acid groups (broad SMARTS) is 1. The van der Waals surface area contributed by atoms with Gasteiger partial charge >= 0.3 is 5.97 Å². The molecule has 0 aliphatic heterocycles. The lowest BCUT2D eigenvalue weighted by atomic mass is 10.1. The van der Waals surface area contributed by atoms with Crippen molar-refractivity contribution in [3.63, 3.8) is 0 Å². The third-order valence-corrected chi connectivity index (χ3v) is 2.16. The molecule has 0 saturated heterocycles. The van der Waals surface area contributed by atoms with Crippen molar-refractivity contribution >= 4 is 11.9 Å². The zero-order chi connectivity index (χ0) is 13.1. The van der Waals surface area contributed by atoms with Gasteiger partial charge in [-0.1, -0.05) is 0 Å². The van der Waals surface area contributed by atoms with Crippen LogP contribution in [0.4, 0.5) is 0 Å². The number of hydrogen-bond donors (Lipinski definition) is 2. The summed E-state index contributed by atoms with van der Waals surface area (Å²) in [5.41, 5.74) is 0.255. The van der Waals surface area contributed by atoms with Crippen molar-refractivity contribution in [2.24, 2.45) is 0 Å². The Hall–Kier alpha value is -1.85. The third kappa shape index (κ3) is 3.90. The summed E-state index contributed by atoms with van der Waals surface area (Å²) in [5, 5.41) is 15.1. The van der Waals surface area contributed by atoms with Gasteiger partial charge in [0.15, 0.2) is 0 Å². The van der Waals surface area contributed by atoms with Gasteiger partial charge in [0.1, 0.15) is 0 Å². The van der Waals surface area contributed by atoms with Gasteiger partial charge in [-0.05, 0) is 20.8 Å². The Morgan fingerprint density at radius 3 is 2.59 bits per heavy atom. The van der Waals surface area contributed by atoms with Crippen molar-refractivity contribution in [2.45, 2.75) is 32.7 Å². The van der Waals surface area contributed by atoms with E-state index in [2.05, 4.69) is 10.4 Å². The maximum atomic E-state index is 11.6. The lowest BCUT2D eigenvalue weighted by Gasteiger charge is -2.18. The lowest BCUT2D eigenvalue weighted by molar-refractivity contribution is -0.136. The fourth-order valence-corrected chi connectivity index (χ4v) is 1.19. The Balaban J connectivity index is 2.58. The Bertz CT molecular complexity index is 418. The number of amides is 1. The zero-order valence-corrected chi connectivity index (χ0v) is 10.2. The molecule has 2 N–H and O–H groups in total. The van der Waals surface area contributed by atoms with Crippen LogP contribution in [0.3, 0.4) is 0 Å². The van der Waals surface area contributed by atoms with E-state index < -0.39 is 5.97 Å². The minimum Gasteiger partial charge on any atom is -0.481 e. The summed E-state index contributed by atoms with van der Waals surface area (Å²) in [6.07, 6.45) is 3.04. The first-order valence-corrected chi connectivity index (χ1v) is 5.36. The quantitative estimate of drug-likeness (QED) is 0.815. The highest BCUT2D eigenvalue weighted by molar-refractivity contribution is 5.93. The standard InChI is InChI=1S/C11H17N3O3/c1-11(2,3)14-7-8(6-13-14)10(17)12-5-4-9(15)16/h6-7H,4-5H2,1-3H3,(H,12,17)(H,15,16). The Morgan fingerprint density at radius 2 is 2.12 bits per heavy atom. The molecular weight excluding hydrogens is 222 g/mol. The predicted molar refractivity (Wildman–Crippen MR) is 61.8 cm³/mol. The number of nitrogens with one attached hydrogen (secondary N) is 1. The van der Waals surface area contributed by atoms with Gasteiger partial charge < -0.3 is 10.4 Å². The minimum absolute atomic E-state index is 0.0842. The largest absolute Gasteiger partial charge is 0.481 e. The molecule has 1 heterocycles. The van der Waals surface area contributed by atoms with Gasteiger partial charge in [0.05, 0.1) is 23.7 Å². The van der Waals surface area contributed by atoms with Crippen LogP contribution in [0.15, 0.2) is 12.4 Å². The zero-order valence-electron chi connectivity index (χ0n) is 10.2. The normalized spacial score (nSPS) is 11.2. The number of aromatic nitrogens is 2. The molecule has 1 rings (SSSR count). The number of nitrogens with zero attached hydrogens (tertiary/aromatic N) is 2. The van der Waals surface area contributed by atoms with E-state index in [1.54, 1.807) is 10.9 Å². The molecule has 0 bridgehead atoms. The van der Waals surface area contributed by atoms with E-state index in [0.717, 1.165) is 0 Å². The van der Waals surface area contributed by atoms with Crippen molar-refractivity contribution in [1.29, 1.82) is 0 Å². The summed E-state index contributed by atoms with van der Waals surface area (Å²) in [6, 6.07) is 0. The van der Waals surface area contributed by atoms with E-state index in [9.17, 15) is 9.59 Å². The van der Waals surface area contributed by atoms with Gasteiger partial charge in [0.2, 0.25) is 0 Å². The first kappa shape index (κ1) is 13.2. The fraction of sp³-hybridized carbons (Fsp3) is 0.545. The number of carboxylic acids is 1. The van der Waals surface area contributed by atoms with E-state index in [1.165, 1.54) is 6.20 Å². The number of carbonyl (C=O) groups excluding carboxylic acids is 1. The van der Waals surface area contributed by atoms with Crippen LogP contribution in [-0.2, 0) is 10.3 Å². The van der Waals surface area contributed by atoms with Crippen LogP contribution in [0, 0.1) is 0 Å². The second-order valence-electron chi connectivity index (χ2n) is 4.74. The molecule has 6 heteroatoms. The van der Waals surface area contributed by atoms with Crippen LogP contribution in [-0.4, -0.2) is 33.3 Å². The average molecular weight is 239 g/mol. The van der Waals surface area contributed by atoms with Gasteiger partial charge in [-0.2, -0.15) is 5.10 Å². The van der Waals surface area contributed by atoms with E-state index >= 15 is 0 Å². The molecule has 94 valence electrons. The molecule has 1 aromatic heterocycles. The number of rotatable bonds is 4. The van der Waals surface area contributed by atoms with Crippen LogP contribution >= 0.6 is 0 Å². The van der Waals surface area contributed by atoms with Crippen molar-refractivity contribution < 1.29 is 14.7 Å². The summed E-state index contributed by atoms with van der Waals surface area (Å²) >= 11 is 0. The molecule has 17 heavy (non-hydrogen) atoms. The monoisotopic (exact) mass is 239 g/mol. The average Bonchev–Trinajstić information content (AvgIpc) is 2.64. The molecule has 0 aliphatic carbocycles. The summed E-state index contributed by atoms with van der Waals surface area (Å²) in [6.45, 7) is 6.05. The highest BCUT2D eigenvalue weighted by Gasteiger charge is 2.16. The molecule has 0 aromatic carbocycles. The van der Waals surface area contributed by atoms with E-state index in [1.807, 2.05) is 20.8 Å². The second kappa shape index (κ2) is 4.99. The fourth-order valence-electron chi connectivity index (χ4n) is 1.19. The smallest absolute Gasteiger partial charge is 0.305 e. The van der Waals surface area contributed by atoms with Crippen LogP contribution in [0.5, 0.6) is 0 Å². The van der Waals surface area contributed by atoms with Crippen LogP contribution in [0.2, 0.25) is 0 Å². The van der Waals surface area contributed by atoms with Gasteiger partial charge in [-0.25, -0.2) is 0 Å². The van der Waals surface area contributed by atoms with Crippen molar-refractivity contribution in [3.8, 4) is 0 Å². The van der Waals surface area contributed by atoms with Crippen molar-refractivity contribution in [1.82, 2.24) is 15.1 Å². The molecule has 0 aliphatic rings. The molecule has 0 radical (unpaired) electrons. The maximum Gasteiger partial charge on any atom is 0.305 e. The Labute approximate surface area is 99.6 Å². The Morgan fingerprint density at radius 1 is 1.47 bits per heavy atom. The topological polar surface area (TPSA) is 84.2 Å². The second-order valence-corrected chi connectivity index (χ2v) is 4.74. The third-order valence-electron chi connectivity index (χ3n) is 2.16. The minimum atomic E-state index is -0.935. The summed E-state index contributed by atoms with van der Waals surface area (Å²) < 4.78 is 1.69. The summed E-state index contributed by atoms with van der Waals surface area (Å²) in [7, 11) is 0. The van der Waals surface area contributed by atoms with Crippen LogP contribution < -0.4 is 5.32 Å². The predicted octanol–water partition coefficient (Wildman–Crippen LogP) is 0.843. The van der Waals surface area contributed by atoms with Crippen LogP contribution in [0.25, 0.3) is 0 Å². The number of carbonyl (C=O) groups is 2. The van der Waals surface area contributed by atoms with Crippen molar-refractivity contribution in [2.75, 3.05) is 6.54 Å². The number of aliphatic carboxylic acids is 1. The summed E-state index contributed by atoms with van der Waals surface area (Å²) in [4.78, 5) is 21.9. The van der Waals surface area contributed by atoms with Gasteiger partial charge in [-0.3, -0.25) is 14.3 Å². The van der Waals surface area contributed by atoms with Gasteiger partial charge in [0, 0.05) is 12.7 Å².